The van der Waals surface area contributed by atoms with Gasteiger partial charge in [0.2, 0.25) is 5.56 Å². The molecule has 9 nitrogen and oxygen atoms in total. The molecule has 0 saturated heterocycles. The topological polar surface area (TPSA) is 128 Å². The number of amides is 1. The highest BCUT2D eigenvalue weighted by Crippen LogP contribution is 2.21. The van der Waals surface area contributed by atoms with Crippen molar-refractivity contribution in [1.29, 1.82) is 0 Å². The molecule has 1 amide bonds. The largest absolute Gasteiger partial charge is 0.477 e. The van der Waals surface area contributed by atoms with Crippen LogP contribution in [0, 0.1) is 5.41 Å². The zero-order valence-electron chi connectivity index (χ0n) is 14.3. The summed E-state index contributed by atoms with van der Waals surface area (Å²) in [5.74, 6) is -2.36. The van der Waals surface area contributed by atoms with Crippen LogP contribution >= 0.6 is 0 Å². The number of hydrogen-bond donors (Lipinski definition) is 4. The van der Waals surface area contributed by atoms with E-state index in [-0.39, 0.29) is 29.3 Å². The van der Waals surface area contributed by atoms with Crippen LogP contribution in [0.25, 0.3) is 5.65 Å². The van der Waals surface area contributed by atoms with E-state index in [9.17, 15) is 24.6 Å². The summed E-state index contributed by atoms with van der Waals surface area (Å²) in [5.41, 5.74) is -1.50. The number of aromatic nitrogens is 3. The summed E-state index contributed by atoms with van der Waals surface area (Å²) < 4.78 is 2.36. The standard InChI is InChI=1S/C16H20N4O5/c1-16(2,3)7-19-10-6-9(15(24)25)18-20(10)14(23)11(13(19)22)12(21)17-8-4-5-8/h6,8H,4-5,7H2,1-3H3,(H3,17,21,22,23,24,25)/p+1. The van der Waals surface area contributed by atoms with Crippen LogP contribution in [0.5, 0.6) is 5.88 Å². The van der Waals surface area contributed by atoms with Gasteiger partial charge in [0, 0.05) is 6.04 Å². The molecule has 0 radical (unpaired) electrons. The van der Waals surface area contributed by atoms with Crippen molar-refractivity contribution in [3.8, 4) is 5.88 Å². The lowest BCUT2D eigenvalue weighted by molar-refractivity contribution is -0.692. The summed E-state index contributed by atoms with van der Waals surface area (Å²) in [6, 6.07) is 1.28. The lowest BCUT2D eigenvalue weighted by Crippen LogP contribution is -2.47. The maximum atomic E-state index is 12.7. The predicted octanol–water partition coefficient (Wildman–Crippen LogP) is 0.257. The zero-order chi connectivity index (χ0) is 18.5. The summed E-state index contributed by atoms with van der Waals surface area (Å²) in [5, 5.41) is 24.9. The van der Waals surface area contributed by atoms with Gasteiger partial charge in [0.1, 0.15) is 0 Å². The van der Waals surface area contributed by atoms with E-state index in [0.717, 1.165) is 17.4 Å². The van der Waals surface area contributed by atoms with Gasteiger partial charge in [-0.3, -0.25) is 4.79 Å². The highest BCUT2D eigenvalue weighted by atomic mass is 16.4. The number of aromatic amines is 1. The minimum absolute atomic E-state index is 0.0151. The number of rotatable bonds is 4. The minimum Gasteiger partial charge on any atom is -0.477 e. The van der Waals surface area contributed by atoms with Crippen LogP contribution in [0.15, 0.2) is 10.9 Å². The Morgan fingerprint density at radius 2 is 2.04 bits per heavy atom. The summed E-state index contributed by atoms with van der Waals surface area (Å²) in [4.78, 5) is 36.3. The van der Waals surface area contributed by atoms with Gasteiger partial charge in [-0.1, -0.05) is 25.3 Å². The van der Waals surface area contributed by atoms with Crippen molar-refractivity contribution >= 4 is 17.5 Å². The number of H-pyrrole nitrogens is 1. The van der Waals surface area contributed by atoms with Crippen molar-refractivity contribution in [3.63, 3.8) is 0 Å². The number of nitrogens with one attached hydrogen (secondary N) is 2. The molecule has 0 bridgehead atoms. The lowest BCUT2D eigenvalue weighted by Gasteiger charge is -2.17. The van der Waals surface area contributed by atoms with Crippen LogP contribution in [0.3, 0.4) is 0 Å². The number of carbonyl (C=O) groups is 2. The van der Waals surface area contributed by atoms with E-state index in [1.54, 1.807) is 0 Å². The first-order valence-electron chi connectivity index (χ1n) is 8.03. The number of nitrogens with zero attached hydrogens (tertiary/aromatic N) is 2. The predicted molar refractivity (Wildman–Crippen MR) is 86.8 cm³/mol. The molecule has 1 aliphatic rings. The molecule has 2 aromatic heterocycles. The van der Waals surface area contributed by atoms with Gasteiger partial charge in [0.05, 0.1) is 12.6 Å². The van der Waals surface area contributed by atoms with E-state index < -0.39 is 28.9 Å². The van der Waals surface area contributed by atoms with Crippen LogP contribution in [0.4, 0.5) is 0 Å². The van der Waals surface area contributed by atoms with E-state index in [2.05, 4.69) is 10.4 Å². The van der Waals surface area contributed by atoms with Crippen molar-refractivity contribution in [2.75, 3.05) is 0 Å². The van der Waals surface area contributed by atoms with E-state index in [1.807, 2.05) is 20.8 Å². The third kappa shape index (κ3) is 3.21. The van der Waals surface area contributed by atoms with Gasteiger partial charge in [-0.05, 0) is 18.3 Å². The Labute approximate surface area is 142 Å². The van der Waals surface area contributed by atoms with E-state index >= 15 is 0 Å². The van der Waals surface area contributed by atoms with Gasteiger partial charge in [-0.25, -0.2) is 14.7 Å². The van der Waals surface area contributed by atoms with Gasteiger partial charge in [0.15, 0.2) is 5.69 Å². The monoisotopic (exact) mass is 349 g/mol. The Hall–Kier alpha value is -2.84. The molecule has 9 heteroatoms. The van der Waals surface area contributed by atoms with Crippen molar-refractivity contribution in [3.05, 3.63) is 27.7 Å². The highest BCUT2D eigenvalue weighted by molar-refractivity contribution is 5.96. The maximum absolute atomic E-state index is 12.7. The molecule has 0 atom stereocenters. The SMILES string of the molecule is CC(C)(C)C[n+]1c(O)c(C(=O)NC2CC2)c(=O)n2[nH]c(C(=O)O)cc21. The van der Waals surface area contributed by atoms with Gasteiger partial charge in [0.25, 0.3) is 5.91 Å². The Morgan fingerprint density at radius 1 is 1.40 bits per heavy atom. The molecule has 1 fully saturated rings. The number of carboxylic acid groups (broad SMARTS) is 1. The summed E-state index contributed by atoms with van der Waals surface area (Å²) in [6.45, 7) is 6.06. The molecule has 3 rings (SSSR count). The molecular weight excluding hydrogens is 328 g/mol. The van der Waals surface area contributed by atoms with E-state index in [1.165, 1.54) is 10.6 Å². The highest BCUT2D eigenvalue weighted by Gasteiger charge is 2.35. The normalized spacial score (nSPS) is 14.7. The molecule has 0 aliphatic heterocycles. The third-order valence-corrected chi connectivity index (χ3v) is 3.91. The first-order valence-corrected chi connectivity index (χ1v) is 8.03. The molecule has 0 unspecified atom stereocenters. The van der Waals surface area contributed by atoms with Crippen molar-refractivity contribution in [2.45, 2.75) is 46.2 Å². The molecule has 0 spiro atoms. The molecule has 1 aliphatic carbocycles. The zero-order valence-corrected chi connectivity index (χ0v) is 14.3. The third-order valence-electron chi connectivity index (χ3n) is 3.91. The van der Waals surface area contributed by atoms with Crippen LogP contribution in [-0.2, 0) is 6.54 Å². The first-order chi connectivity index (χ1) is 11.6. The maximum Gasteiger partial charge on any atom is 0.378 e. The second-order valence-corrected chi connectivity index (χ2v) is 7.57. The van der Waals surface area contributed by atoms with Gasteiger partial charge in [-0.15, -0.1) is 0 Å². The van der Waals surface area contributed by atoms with Gasteiger partial charge < -0.3 is 15.5 Å². The van der Waals surface area contributed by atoms with Crippen molar-refractivity contribution < 1.29 is 24.4 Å². The summed E-state index contributed by atoms with van der Waals surface area (Å²) in [7, 11) is 0. The second kappa shape index (κ2) is 5.61. The number of hydrogen-bond acceptors (Lipinski definition) is 4. The Kier molecular flexibility index (Phi) is 3.81. The van der Waals surface area contributed by atoms with Crippen LogP contribution in [0.1, 0.15) is 54.5 Å². The molecule has 4 N–H and O–H groups in total. The fourth-order valence-electron chi connectivity index (χ4n) is 2.63. The van der Waals surface area contributed by atoms with Crippen LogP contribution in [0.2, 0.25) is 0 Å². The Morgan fingerprint density at radius 3 is 2.56 bits per heavy atom. The molecule has 25 heavy (non-hydrogen) atoms. The van der Waals surface area contributed by atoms with Gasteiger partial charge >= 0.3 is 23.1 Å². The number of carboxylic acids is 1. The molecule has 1 saturated carbocycles. The summed E-state index contributed by atoms with van der Waals surface area (Å²) in [6.07, 6.45) is 1.67. The Bertz CT molecular complexity index is 931. The molecule has 2 heterocycles. The number of aromatic carboxylic acids is 1. The average Bonchev–Trinajstić information content (AvgIpc) is 3.16. The minimum atomic E-state index is -1.24. The van der Waals surface area contributed by atoms with Gasteiger partial charge in [-0.2, -0.15) is 4.57 Å². The van der Waals surface area contributed by atoms with Crippen molar-refractivity contribution in [2.24, 2.45) is 5.41 Å². The molecule has 0 aromatic carbocycles. The second-order valence-electron chi connectivity index (χ2n) is 7.57. The van der Waals surface area contributed by atoms with Crippen LogP contribution in [-0.4, -0.2) is 37.7 Å². The summed E-state index contributed by atoms with van der Waals surface area (Å²) >= 11 is 0. The quantitative estimate of drug-likeness (QED) is 0.589. The molecule has 2 aromatic rings. The molecular formula is C16H21N4O5+. The Balaban J connectivity index is 2.26. The number of fused-ring (bicyclic) bond motifs is 1. The lowest BCUT2D eigenvalue weighted by atomic mass is 9.96. The van der Waals surface area contributed by atoms with E-state index in [0.29, 0.717) is 0 Å². The molecule has 134 valence electrons. The number of carbonyl (C=O) groups excluding carboxylic acids is 1. The van der Waals surface area contributed by atoms with Crippen LogP contribution < -0.4 is 15.4 Å². The smallest absolute Gasteiger partial charge is 0.378 e. The first kappa shape index (κ1) is 17.0. The fraction of sp³-hybridized carbons (Fsp3) is 0.500. The fourth-order valence-corrected chi connectivity index (χ4v) is 2.63. The average molecular weight is 349 g/mol. The van der Waals surface area contributed by atoms with Crippen molar-refractivity contribution in [1.82, 2.24) is 14.9 Å². The number of aromatic hydroxyl groups is 1. The van der Waals surface area contributed by atoms with E-state index in [4.69, 9.17) is 0 Å².